The van der Waals surface area contributed by atoms with Gasteiger partial charge in [0.25, 0.3) is 0 Å². The third-order valence-corrected chi connectivity index (χ3v) is 3.38. The highest BCUT2D eigenvalue weighted by atomic mass is 16.5. The molecule has 1 rings (SSSR count). The average Bonchev–Trinajstić information content (AvgIpc) is 2.44. The molecular formula is C15H23NO4. The van der Waals surface area contributed by atoms with Gasteiger partial charge >= 0.3 is 5.97 Å². The Morgan fingerprint density at radius 2 is 2.05 bits per heavy atom. The molecule has 20 heavy (non-hydrogen) atoms. The van der Waals surface area contributed by atoms with Crippen LogP contribution in [0.15, 0.2) is 18.2 Å². The highest BCUT2D eigenvalue weighted by molar-refractivity contribution is 5.78. The van der Waals surface area contributed by atoms with Gasteiger partial charge in [-0.05, 0) is 31.5 Å². The van der Waals surface area contributed by atoms with Crippen LogP contribution < -0.4 is 14.8 Å². The maximum absolute atomic E-state index is 11.4. The maximum atomic E-state index is 11.4. The van der Waals surface area contributed by atoms with E-state index in [0.717, 1.165) is 17.7 Å². The molecule has 1 atom stereocenters. The Hall–Kier alpha value is -1.75. The largest absolute Gasteiger partial charge is 0.497 e. The summed E-state index contributed by atoms with van der Waals surface area (Å²) in [6.07, 6.45) is 1.36. The van der Waals surface area contributed by atoms with Crippen LogP contribution in [0.1, 0.15) is 32.3 Å². The summed E-state index contributed by atoms with van der Waals surface area (Å²) in [5.41, 5.74) is -0.0709. The molecule has 0 saturated heterocycles. The van der Waals surface area contributed by atoms with Gasteiger partial charge in [0.05, 0.1) is 14.2 Å². The van der Waals surface area contributed by atoms with Gasteiger partial charge in [-0.2, -0.15) is 0 Å². The van der Waals surface area contributed by atoms with Crippen LogP contribution in [0.25, 0.3) is 0 Å². The van der Waals surface area contributed by atoms with Crippen LogP contribution in [0.4, 0.5) is 0 Å². The molecule has 1 aromatic carbocycles. The van der Waals surface area contributed by atoms with E-state index in [2.05, 4.69) is 5.32 Å². The number of carbonyl (C=O) groups is 1. The molecule has 0 radical (unpaired) electrons. The predicted molar refractivity (Wildman–Crippen MR) is 77.3 cm³/mol. The lowest BCUT2D eigenvalue weighted by Gasteiger charge is -2.26. The van der Waals surface area contributed by atoms with Crippen LogP contribution in [-0.2, 0) is 11.3 Å². The molecule has 0 aliphatic carbocycles. The van der Waals surface area contributed by atoms with Gasteiger partial charge in [0, 0.05) is 12.1 Å². The minimum absolute atomic E-state index is 0.406. The van der Waals surface area contributed by atoms with Crippen molar-refractivity contribution in [1.29, 1.82) is 0 Å². The third kappa shape index (κ3) is 3.87. The minimum atomic E-state index is -0.942. The van der Waals surface area contributed by atoms with Crippen molar-refractivity contribution in [3.05, 3.63) is 23.8 Å². The number of benzene rings is 1. The van der Waals surface area contributed by atoms with E-state index >= 15 is 0 Å². The molecule has 0 spiro atoms. The first kappa shape index (κ1) is 16.3. The zero-order valence-corrected chi connectivity index (χ0v) is 12.5. The lowest BCUT2D eigenvalue weighted by atomic mass is 9.96. The summed E-state index contributed by atoms with van der Waals surface area (Å²) in [4.78, 5) is 11.4. The topological polar surface area (TPSA) is 67.8 Å². The van der Waals surface area contributed by atoms with Crippen molar-refractivity contribution in [3.8, 4) is 11.5 Å². The number of carboxylic acid groups (broad SMARTS) is 1. The van der Waals surface area contributed by atoms with Crippen molar-refractivity contribution in [2.24, 2.45) is 0 Å². The molecule has 0 aromatic heterocycles. The normalized spacial score (nSPS) is 13.6. The average molecular weight is 281 g/mol. The quantitative estimate of drug-likeness (QED) is 0.766. The van der Waals surface area contributed by atoms with Crippen molar-refractivity contribution in [1.82, 2.24) is 5.32 Å². The second-order valence-corrected chi connectivity index (χ2v) is 4.92. The SMILES string of the molecule is CCCC(C)(NCc1cc(OC)ccc1OC)C(=O)O. The summed E-state index contributed by atoms with van der Waals surface area (Å²) in [6.45, 7) is 4.07. The highest BCUT2D eigenvalue weighted by Crippen LogP contribution is 2.25. The van der Waals surface area contributed by atoms with Crippen molar-refractivity contribution >= 4 is 5.97 Å². The first-order chi connectivity index (χ1) is 9.46. The Morgan fingerprint density at radius 1 is 1.35 bits per heavy atom. The maximum Gasteiger partial charge on any atom is 0.323 e. The second kappa shape index (κ2) is 7.14. The van der Waals surface area contributed by atoms with Crippen LogP contribution in [-0.4, -0.2) is 30.8 Å². The zero-order chi connectivity index (χ0) is 15.2. The van der Waals surface area contributed by atoms with Crippen molar-refractivity contribution < 1.29 is 19.4 Å². The minimum Gasteiger partial charge on any atom is -0.497 e. The summed E-state index contributed by atoms with van der Waals surface area (Å²) in [6, 6.07) is 5.47. The van der Waals surface area contributed by atoms with Crippen molar-refractivity contribution in [2.75, 3.05) is 14.2 Å². The van der Waals surface area contributed by atoms with Crippen LogP contribution in [0.5, 0.6) is 11.5 Å². The Labute approximate surface area is 119 Å². The van der Waals surface area contributed by atoms with Gasteiger partial charge in [-0.1, -0.05) is 13.3 Å². The molecule has 1 aromatic rings. The first-order valence-electron chi connectivity index (χ1n) is 6.66. The summed E-state index contributed by atoms with van der Waals surface area (Å²) < 4.78 is 10.5. The molecule has 5 nitrogen and oxygen atoms in total. The van der Waals surface area contributed by atoms with Gasteiger partial charge in [-0.25, -0.2) is 0 Å². The van der Waals surface area contributed by atoms with Gasteiger partial charge in [0.2, 0.25) is 0 Å². The van der Waals surface area contributed by atoms with E-state index in [9.17, 15) is 9.90 Å². The fourth-order valence-electron chi connectivity index (χ4n) is 2.08. The van der Waals surface area contributed by atoms with Gasteiger partial charge < -0.3 is 14.6 Å². The van der Waals surface area contributed by atoms with E-state index in [1.807, 2.05) is 25.1 Å². The smallest absolute Gasteiger partial charge is 0.323 e. The zero-order valence-electron chi connectivity index (χ0n) is 12.5. The molecule has 0 amide bonds. The van der Waals surface area contributed by atoms with E-state index in [1.54, 1.807) is 21.1 Å². The number of nitrogens with one attached hydrogen (secondary N) is 1. The fraction of sp³-hybridized carbons (Fsp3) is 0.533. The monoisotopic (exact) mass is 281 g/mol. The molecule has 0 aliphatic rings. The number of ether oxygens (including phenoxy) is 2. The van der Waals surface area contributed by atoms with E-state index < -0.39 is 11.5 Å². The number of hydrogen-bond acceptors (Lipinski definition) is 4. The summed E-state index contributed by atoms with van der Waals surface area (Å²) >= 11 is 0. The molecule has 0 bridgehead atoms. The lowest BCUT2D eigenvalue weighted by Crippen LogP contribution is -2.48. The van der Waals surface area contributed by atoms with Gasteiger partial charge in [-0.3, -0.25) is 10.1 Å². The molecule has 0 heterocycles. The van der Waals surface area contributed by atoms with Gasteiger partial charge in [-0.15, -0.1) is 0 Å². The summed E-state index contributed by atoms with van der Waals surface area (Å²) in [5.74, 6) is 0.582. The molecule has 1 unspecified atom stereocenters. The number of carboxylic acids is 1. The Bertz CT molecular complexity index is 461. The Kier molecular flexibility index (Phi) is 5.82. The summed E-state index contributed by atoms with van der Waals surface area (Å²) in [7, 11) is 3.19. The first-order valence-corrected chi connectivity index (χ1v) is 6.66. The molecule has 0 aliphatic heterocycles. The molecule has 2 N–H and O–H groups in total. The standard InChI is InChI=1S/C15H23NO4/c1-5-8-15(2,14(17)18)16-10-11-9-12(19-3)6-7-13(11)20-4/h6-7,9,16H,5,8,10H2,1-4H3,(H,17,18). The van der Waals surface area contributed by atoms with Crippen LogP contribution in [0.3, 0.4) is 0 Å². The lowest BCUT2D eigenvalue weighted by molar-refractivity contribution is -0.144. The predicted octanol–water partition coefficient (Wildman–Crippen LogP) is 2.44. The molecule has 0 saturated carbocycles. The fourth-order valence-corrected chi connectivity index (χ4v) is 2.08. The van der Waals surface area contributed by atoms with Crippen LogP contribution in [0.2, 0.25) is 0 Å². The Balaban J connectivity index is 2.89. The number of rotatable bonds is 8. The van der Waals surface area contributed by atoms with Gasteiger partial charge in [0.15, 0.2) is 0 Å². The third-order valence-electron chi connectivity index (χ3n) is 3.38. The number of methoxy groups -OCH3 is 2. The van der Waals surface area contributed by atoms with Crippen LogP contribution >= 0.6 is 0 Å². The van der Waals surface area contributed by atoms with Gasteiger partial charge in [0.1, 0.15) is 17.0 Å². The van der Waals surface area contributed by atoms with E-state index in [0.29, 0.717) is 18.7 Å². The molecule has 112 valence electrons. The number of aliphatic carboxylic acids is 1. The van der Waals surface area contributed by atoms with E-state index in [4.69, 9.17) is 9.47 Å². The molecule has 5 heteroatoms. The van der Waals surface area contributed by atoms with Crippen LogP contribution in [0, 0.1) is 0 Å². The highest BCUT2D eigenvalue weighted by Gasteiger charge is 2.31. The van der Waals surface area contributed by atoms with Crippen molar-refractivity contribution in [3.63, 3.8) is 0 Å². The second-order valence-electron chi connectivity index (χ2n) is 4.92. The van der Waals surface area contributed by atoms with E-state index in [1.165, 1.54) is 0 Å². The Morgan fingerprint density at radius 3 is 2.55 bits per heavy atom. The summed E-state index contributed by atoms with van der Waals surface area (Å²) in [5, 5.41) is 12.5. The van der Waals surface area contributed by atoms with E-state index in [-0.39, 0.29) is 0 Å². The van der Waals surface area contributed by atoms with Crippen molar-refractivity contribution in [2.45, 2.75) is 38.8 Å². The molecule has 0 fully saturated rings. The molecular weight excluding hydrogens is 258 g/mol. The number of hydrogen-bond donors (Lipinski definition) is 2.